The summed E-state index contributed by atoms with van der Waals surface area (Å²) in [6, 6.07) is 5.95. The average Bonchev–Trinajstić information content (AvgIpc) is 3.28. The summed E-state index contributed by atoms with van der Waals surface area (Å²) < 4.78 is 5.21. The van der Waals surface area contributed by atoms with Gasteiger partial charge in [0.05, 0.1) is 19.1 Å². The fourth-order valence-electron chi connectivity index (χ4n) is 4.23. The Balaban J connectivity index is 1.75. The van der Waals surface area contributed by atoms with E-state index in [1.165, 1.54) is 4.90 Å². The van der Waals surface area contributed by atoms with Gasteiger partial charge in [-0.15, -0.1) is 0 Å². The number of aromatic nitrogens is 2. The maximum atomic E-state index is 13.4. The number of likely N-dealkylation sites (N-methyl/N-ethyl adjacent to an activating group) is 1. The van der Waals surface area contributed by atoms with E-state index in [4.69, 9.17) is 4.74 Å². The summed E-state index contributed by atoms with van der Waals surface area (Å²) in [5.74, 6) is 0.0172. The van der Waals surface area contributed by atoms with E-state index in [0.29, 0.717) is 44.6 Å². The van der Waals surface area contributed by atoms with Crippen molar-refractivity contribution < 1.29 is 19.1 Å². The zero-order valence-electron chi connectivity index (χ0n) is 21.7. The lowest BCUT2D eigenvalue weighted by Gasteiger charge is -2.29. The van der Waals surface area contributed by atoms with Gasteiger partial charge in [0.1, 0.15) is 17.8 Å². The molecule has 0 unspecified atom stereocenters. The van der Waals surface area contributed by atoms with Gasteiger partial charge in [-0.3, -0.25) is 19.3 Å². The van der Waals surface area contributed by atoms with E-state index in [-0.39, 0.29) is 17.7 Å². The van der Waals surface area contributed by atoms with Crippen molar-refractivity contribution in [1.82, 2.24) is 30.4 Å². The SMILES string of the molecule is COc1ccc(C[C@@H]2NC(=O)CCCN(Cc3nc[nH]c3C)CCCNC(=O)[C@H](C)N(C)C2=O)cc1. The number of rotatable bonds is 5. The van der Waals surface area contributed by atoms with Crippen molar-refractivity contribution in [3.8, 4) is 5.75 Å². The minimum Gasteiger partial charge on any atom is -0.497 e. The lowest BCUT2D eigenvalue weighted by Crippen LogP contribution is -2.54. The first-order valence-corrected chi connectivity index (χ1v) is 12.5. The van der Waals surface area contributed by atoms with E-state index < -0.39 is 12.1 Å². The third kappa shape index (κ3) is 7.55. The number of hydrogen-bond acceptors (Lipinski definition) is 6. The second kappa shape index (κ2) is 13.1. The van der Waals surface area contributed by atoms with Crippen molar-refractivity contribution in [3.63, 3.8) is 0 Å². The summed E-state index contributed by atoms with van der Waals surface area (Å²) in [4.78, 5) is 50.2. The molecule has 0 radical (unpaired) electrons. The molecule has 2 heterocycles. The van der Waals surface area contributed by atoms with Crippen molar-refractivity contribution in [2.24, 2.45) is 0 Å². The number of aryl methyl sites for hydroxylation is 1. The third-order valence-electron chi connectivity index (χ3n) is 6.68. The van der Waals surface area contributed by atoms with Gasteiger partial charge >= 0.3 is 0 Å². The molecule has 10 nitrogen and oxygen atoms in total. The fraction of sp³-hybridized carbons (Fsp3) is 0.538. The van der Waals surface area contributed by atoms with E-state index in [2.05, 4.69) is 25.5 Å². The van der Waals surface area contributed by atoms with Crippen LogP contribution in [0, 0.1) is 6.92 Å². The molecule has 1 aliphatic heterocycles. The number of H-pyrrole nitrogens is 1. The number of ether oxygens (including phenoxy) is 1. The Morgan fingerprint density at radius 2 is 1.83 bits per heavy atom. The molecular weight excluding hydrogens is 460 g/mol. The summed E-state index contributed by atoms with van der Waals surface area (Å²) in [6.07, 6.45) is 3.71. The number of carbonyl (C=O) groups excluding carboxylic acids is 3. The molecule has 36 heavy (non-hydrogen) atoms. The lowest BCUT2D eigenvalue weighted by atomic mass is 10.0. The van der Waals surface area contributed by atoms with Crippen LogP contribution >= 0.6 is 0 Å². The topological polar surface area (TPSA) is 120 Å². The molecule has 1 fully saturated rings. The van der Waals surface area contributed by atoms with Crippen LogP contribution in [0.1, 0.15) is 43.1 Å². The molecule has 1 aromatic heterocycles. The molecule has 1 aromatic carbocycles. The molecule has 3 rings (SSSR count). The zero-order chi connectivity index (χ0) is 26.1. The van der Waals surface area contributed by atoms with E-state index in [0.717, 1.165) is 29.9 Å². The monoisotopic (exact) mass is 498 g/mol. The van der Waals surface area contributed by atoms with E-state index >= 15 is 0 Å². The fourth-order valence-corrected chi connectivity index (χ4v) is 4.23. The molecule has 196 valence electrons. The highest BCUT2D eigenvalue weighted by atomic mass is 16.5. The summed E-state index contributed by atoms with van der Waals surface area (Å²) in [7, 11) is 3.20. The Morgan fingerprint density at radius 1 is 1.11 bits per heavy atom. The highest BCUT2D eigenvalue weighted by Gasteiger charge is 2.30. The zero-order valence-corrected chi connectivity index (χ0v) is 21.7. The smallest absolute Gasteiger partial charge is 0.245 e. The Morgan fingerprint density at radius 3 is 2.50 bits per heavy atom. The Hall–Kier alpha value is -3.40. The highest BCUT2D eigenvalue weighted by Crippen LogP contribution is 2.15. The van der Waals surface area contributed by atoms with Crippen LogP contribution in [0.4, 0.5) is 0 Å². The summed E-state index contributed by atoms with van der Waals surface area (Å²) in [5, 5.41) is 5.87. The number of aromatic amines is 1. The van der Waals surface area contributed by atoms with Gasteiger partial charge in [-0.2, -0.15) is 0 Å². The minimum atomic E-state index is -0.779. The minimum absolute atomic E-state index is 0.182. The van der Waals surface area contributed by atoms with E-state index in [1.54, 1.807) is 27.4 Å². The van der Waals surface area contributed by atoms with Crippen molar-refractivity contribution in [2.75, 3.05) is 33.8 Å². The predicted molar refractivity (Wildman–Crippen MR) is 136 cm³/mol. The van der Waals surface area contributed by atoms with E-state index in [1.807, 2.05) is 31.2 Å². The van der Waals surface area contributed by atoms with Gasteiger partial charge in [-0.1, -0.05) is 12.1 Å². The molecular formula is C26H38N6O4. The Kier molecular flexibility index (Phi) is 9.86. The van der Waals surface area contributed by atoms with Crippen LogP contribution in [-0.2, 0) is 27.3 Å². The molecule has 0 aliphatic carbocycles. The number of amides is 3. The molecule has 1 aliphatic rings. The molecule has 2 atom stereocenters. The molecule has 10 heteroatoms. The molecule has 1 saturated heterocycles. The van der Waals surface area contributed by atoms with Gasteiger partial charge in [0.25, 0.3) is 0 Å². The van der Waals surface area contributed by atoms with Gasteiger partial charge < -0.3 is 25.3 Å². The van der Waals surface area contributed by atoms with Crippen LogP contribution in [-0.4, -0.2) is 83.4 Å². The first-order chi connectivity index (χ1) is 17.3. The van der Waals surface area contributed by atoms with Crippen molar-refractivity contribution in [3.05, 3.63) is 47.5 Å². The quantitative estimate of drug-likeness (QED) is 0.573. The largest absolute Gasteiger partial charge is 0.497 e. The van der Waals surface area contributed by atoms with Crippen LogP contribution < -0.4 is 15.4 Å². The number of imidazole rings is 1. The van der Waals surface area contributed by atoms with E-state index in [9.17, 15) is 14.4 Å². The molecule has 0 spiro atoms. The van der Waals surface area contributed by atoms with Crippen LogP contribution in [0.15, 0.2) is 30.6 Å². The first-order valence-electron chi connectivity index (χ1n) is 12.5. The first kappa shape index (κ1) is 27.2. The van der Waals surface area contributed by atoms with Gasteiger partial charge in [0, 0.05) is 45.2 Å². The lowest BCUT2D eigenvalue weighted by molar-refractivity contribution is -0.141. The second-order valence-corrected chi connectivity index (χ2v) is 9.30. The Bertz CT molecular complexity index is 1020. The van der Waals surface area contributed by atoms with Crippen LogP contribution in [0.25, 0.3) is 0 Å². The molecule has 0 bridgehead atoms. The number of nitrogens with one attached hydrogen (secondary N) is 3. The van der Waals surface area contributed by atoms with Gasteiger partial charge in [0.15, 0.2) is 0 Å². The molecule has 2 aromatic rings. The third-order valence-corrected chi connectivity index (χ3v) is 6.68. The van der Waals surface area contributed by atoms with Crippen molar-refractivity contribution in [2.45, 2.75) is 58.2 Å². The summed E-state index contributed by atoms with van der Waals surface area (Å²) in [5.41, 5.74) is 2.88. The average molecular weight is 499 g/mol. The Labute approximate surface area is 212 Å². The normalized spacial score (nSPS) is 21.3. The maximum Gasteiger partial charge on any atom is 0.245 e. The molecule has 3 N–H and O–H groups in total. The van der Waals surface area contributed by atoms with Crippen LogP contribution in [0.2, 0.25) is 0 Å². The number of hydrogen-bond donors (Lipinski definition) is 3. The van der Waals surface area contributed by atoms with Crippen LogP contribution in [0.3, 0.4) is 0 Å². The highest BCUT2D eigenvalue weighted by molar-refractivity contribution is 5.92. The number of carbonyl (C=O) groups is 3. The van der Waals surface area contributed by atoms with Crippen LogP contribution in [0.5, 0.6) is 5.75 Å². The number of methoxy groups -OCH3 is 1. The van der Waals surface area contributed by atoms with Crippen molar-refractivity contribution in [1.29, 1.82) is 0 Å². The maximum absolute atomic E-state index is 13.4. The predicted octanol–water partition coefficient (Wildman–Crippen LogP) is 1.40. The summed E-state index contributed by atoms with van der Waals surface area (Å²) >= 11 is 0. The second-order valence-electron chi connectivity index (χ2n) is 9.30. The van der Waals surface area contributed by atoms with Gasteiger partial charge in [0.2, 0.25) is 17.7 Å². The van der Waals surface area contributed by atoms with Gasteiger partial charge in [-0.25, -0.2) is 4.98 Å². The molecule has 0 saturated carbocycles. The van der Waals surface area contributed by atoms with Crippen molar-refractivity contribution >= 4 is 17.7 Å². The van der Waals surface area contributed by atoms with Gasteiger partial charge in [-0.05, 0) is 50.9 Å². The number of nitrogens with zero attached hydrogens (tertiary/aromatic N) is 3. The standard InChI is InChI=1S/C26H38N6O4/c1-18-23(29-17-28-18)16-32-13-5-7-24(33)30-22(15-20-8-10-21(36-4)11-9-20)26(35)31(3)19(2)25(34)27-12-6-14-32/h8-11,17,19,22H,5-7,12-16H2,1-4H3,(H,27,34)(H,28,29)(H,30,33)/t19-,22-/m0/s1. The molecule has 3 amide bonds. The summed E-state index contributed by atoms with van der Waals surface area (Å²) in [6.45, 7) is 6.33. The number of benzene rings is 1.